The first kappa shape index (κ1) is 88.5. The van der Waals surface area contributed by atoms with Crippen molar-refractivity contribution in [1.82, 2.24) is 20.4 Å². The Bertz CT molecular complexity index is 3060. The van der Waals surface area contributed by atoms with Gasteiger partial charge in [-0.3, -0.25) is 24.0 Å². The molecule has 5 rings (SSSR count). The van der Waals surface area contributed by atoms with Crippen molar-refractivity contribution in [1.29, 1.82) is 0 Å². The molecule has 2 fully saturated rings. The third kappa shape index (κ3) is 31.4. The molecule has 578 valence electrons. The van der Waals surface area contributed by atoms with Crippen molar-refractivity contribution >= 4 is 41.0 Å². The van der Waals surface area contributed by atoms with Gasteiger partial charge in [0.2, 0.25) is 17.6 Å². The number of hydrogen-bond acceptors (Lipinski definition) is 28. The van der Waals surface area contributed by atoms with E-state index in [4.69, 9.17) is 39.4 Å². The maximum absolute atomic E-state index is 14.0. The molecule has 4 aliphatic rings. The van der Waals surface area contributed by atoms with E-state index in [0.717, 1.165) is 5.69 Å². The van der Waals surface area contributed by atoms with Crippen molar-refractivity contribution in [2.45, 2.75) is 207 Å². The van der Waals surface area contributed by atoms with Crippen molar-refractivity contribution < 1.29 is 124 Å². The van der Waals surface area contributed by atoms with E-state index in [9.17, 15) is 79.8 Å². The van der Waals surface area contributed by atoms with Crippen molar-refractivity contribution in [2.24, 2.45) is 17.8 Å². The van der Waals surface area contributed by atoms with Gasteiger partial charge in [0.05, 0.1) is 92.6 Å². The van der Waals surface area contributed by atoms with Gasteiger partial charge in [-0.05, 0) is 97.4 Å². The van der Waals surface area contributed by atoms with Crippen LogP contribution in [0.3, 0.4) is 0 Å². The third-order valence-corrected chi connectivity index (χ3v) is 17.5. The maximum atomic E-state index is 14.0. The number of carbonyl (C=O) groups is 6. The topological polar surface area (TPSA) is 474 Å². The van der Waals surface area contributed by atoms with Gasteiger partial charge in [-0.15, -0.1) is 0 Å². The largest absolute Gasteiger partial charge is 0.505 e. The molecule has 17 N–H and O–H groups in total. The first-order valence-electron chi connectivity index (χ1n) is 34.7. The summed E-state index contributed by atoms with van der Waals surface area (Å²) in [5, 5.41) is 156. The molecular formula is C73H111N5O25. The summed E-state index contributed by atoms with van der Waals surface area (Å²) in [5.41, 5.74) is 1.30. The van der Waals surface area contributed by atoms with Crippen LogP contribution in [-0.4, -0.2) is 288 Å². The second kappa shape index (κ2) is 44.8. The SMILES string of the molecule is CNc1ccc(C(=O)CC(O)CC[C@H](C)[C@H]2OC(=O)C[C@H](O)CC(=O)C[C@H](O)C[C@H](O)C[C@H](O)C[C@H](O)C[C@]3(O)C[C@H](O)[C@@H](C(=O)NCCN(C)C)C(C[C@@H](OC4O[C@H](C)[C@@H](O)[C@H](NC(=O)CN(C)C)[C@@H]4O)/C=C/C=C/C=C/C=C\C=C/C=C/C=C/[C@@H]2C)O3)cc1.O=C1O[C@H]([C@H](O)CO)C(O)=C1O. The van der Waals surface area contributed by atoms with Crippen molar-refractivity contribution in [3.05, 3.63) is 126 Å². The molecule has 1 aromatic rings. The number of carbonyl (C=O) groups excluding carboxylic acids is 6. The summed E-state index contributed by atoms with van der Waals surface area (Å²) in [5.74, 6) is -9.88. The second-order valence-electron chi connectivity index (χ2n) is 27.2. The number of aliphatic hydroxyl groups excluding tert-OH is 13. The average molecular weight is 1460 g/mol. The van der Waals surface area contributed by atoms with E-state index in [1.807, 2.05) is 38.9 Å². The minimum Gasteiger partial charge on any atom is -0.505 e. The van der Waals surface area contributed by atoms with E-state index in [1.165, 1.54) is 6.92 Å². The fraction of sp³-hybridized carbons (Fsp3) is 0.616. The normalized spacial score (nSPS) is 33.8. The Labute approximate surface area is 601 Å². The first-order chi connectivity index (χ1) is 48.6. The van der Waals surface area contributed by atoms with Gasteiger partial charge in [-0.1, -0.05) is 98.9 Å². The molecule has 21 atom stereocenters. The number of anilines is 1. The zero-order valence-corrected chi connectivity index (χ0v) is 59.9. The predicted molar refractivity (Wildman–Crippen MR) is 377 cm³/mol. The van der Waals surface area contributed by atoms with Crippen LogP contribution in [0.15, 0.2) is 121 Å². The fourth-order valence-electron chi connectivity index (χ4n) is 12.1. The van der Waals surface area contributed by atoms with Crippen LogP contribution in [0.4, 0.5) is 5.69 Å². The van der Waals surface area contributed by atoms with Gasteiger partial charge in [-0.25, -0.2) is 4.79 Å². The Kier molecular flexibility index (Phi) is 38.5. The fourth-order valence-corrected chi connectivity index (χ4v) is 12.1. The number of fused-ring (bicyclic) bond motifs is 2. The van der Waals surface area contributed by atoms with Crippen molar-refractivity contribution in [3.63, 3.8) is 0 Å². The highest BCUT2D eigenvalue weighted by Crippen LogP contribution is 2.39. The van der Waals surface area contributed by atoms with Crippen LogP contribution in [0.25, 0.3) is 0 Å². The summed E-state index contributed by atoms with van der Waals surface area (Å²) >= 11 is 0. The van der Waals surface area contributed by atoms with Crippen LogP contribution in [-0.2, 0) is 47.7 Å². The summed E-state index contributed by atoms with van der Waals surface area (Å²) in [6, 6.07) is 5.68. The van der Waals surface area contributed by atoms with Gasteiger partial charge >= 0.3 is 11.9 Å². The number of Topliss-reactive ketones (excluding diaryl/α,β-unsaturated/α-hetero) is 2. The van der Waals surface area contributed by atoms with E-state index in [-0.39, 0.29) is 50.0 Å². The Morgan fingerprint density at radius 1 is 0.699 bits per heavy atom. The predicted octanol–water partition coefficient (Wildman–Crippen LogP) is 0.651. The molecule has 0 radical (unpaired) electrons. The van der Waals surface area contributed by atoms with Crippen molar-refractivity contribution in [3.8, 4) is 0 Å². The molecule has 0 aromatic heterocycles. The van der Waals surface area contributed by atoms with Gasteiger partial charge in [0.25, 0.3) is 0 Å². The number of amides is 2. The third-order valence-electron chi connectivity index (χ3n) is 17.5. The highest BCUT2D eigenvalue weighted by Gasteiger charge is 2.51. The number of nitrogens with one attached hydrogen (secondary N) is 3. The Morgan fingerprint density at radius 3 is 1.83 bits per heavy atom. The Morgan fingerprint density at radius 2 is 1.27 bits per heavy atom. The standard InChI is InChI=1S/C67H103N5O19.C6H8O6/c1-42-21-19-17-15-13-11-9-10-12-14-16-18-20-22-54(89-66-63(85)61(62(84)44(3)88-66)70-58(82)41-72(7)8)38-57-60(65(86)69-29-30-71(5)6)56(81)40-67(87,91-57)39-53(79)35-51(77)33-49(75)31-48(74)32-50(76)34-52(78)37-59(83)90-64(42)43(2)23-28-47(73)36-55(80)45-24-26-46(68-4)27-25-45;7-1-2(8)5-3(9)4(10)6(11)12-5/h9-22,24-27,42-44,47-49,51-54,56-57,60-64,66,68,73-75,77-79,81,84-85,87H,23,28-41H2,1-8H3,(H,69,86)(H,70,82);2,5,7-10H,1H2/b10-9-,13-11-,14-12+,17-15+,18-16+,21-19+,22-20+;/t42-,43-,44+,47?,48+,49-,51-,52+,53-,54-,56-,57?,60+,61-,62+,63-,64-,66?,67+;2-,5-/m01/s1. The number of cyclic esters (lactones) is 2. The average Bonchev–Trinajstić information content (AvgIpc) is 1.51. The summed E-state index contributed by atoms with van der Waals surface area (Å²) in [6.45, 7) is 5.14. The molecular weight excluding hydrogens is 1350 g/mol. The lowest BCUT2D eigenvalue weighted by Gasteiger charge is -2.46. The quantitative estimate of drug-likeness (QED) is 0.0668. The lowest BCUT2D eigenvalue weighted by atomic mass is 9.82. The first-order valence-corrected chi connectivity index (χ1v) is 34.7. The Balaban J connectivity index is 0.00000169. The molecule has 2 amide bonds. The molecule has 2 bridgehead atoms. The van der Waals surface area contributed by atoms with Gasteiger partial charge in [0, 0.05) is 75.8 Å². The van der Waals surface area contributed by atoms with Crippen LogP contribution in [0.5, 0.6) is 0 Å². The number of benzene rings is 1. The van der Waals surface area contributed by atoms with Crippen LogP contribution in [0.2, 0.25) is 0 Å². The number of allylic oxidation sites excluding steroid dienone is 12. The van der Waals surface area contributed by atoms with E-state index in [2.05, 4.69) is 20.7 Å². The van der Waals surface area contributed by atoms with Gasteiger partial charge in [0.1, 0.15) is 30.2 Å². The number of esters is 2. The van der Waals surface area contributed by atoms with Gasteiger partial charge < -0.3 is 121 Å². The lowest BCUT2D eigenvalue weighted by Crippen LogP contribution is -2.64. The molecule has 30 heteroatoms. The number of ketones is 2. The summed E-state index contributed by atoms with van der Waals surface area (Å²) in [4.78, 5) is 80.3. The van der Waals surface area contributed by atoms with Crippen LogP contribution < -0.4 is 16.0 Å². The number of hydrogen-bond donors (Lipinski definition) is 17. The Hall–Kier alpha value is -6.92. The number of aliphatic hydroxyl groups is 14. The highest BCUT2D eigenvalue weighted by atomic mass is 16.7. The van der Waals surface area contributed by atoms with Crippen LogP contribution in [0.1, 0.15) is 108 Å². The maximum Gasteiger partial charge on any atom is 0.377 e. The van der Waals surface area contributed by atoms with E-state index in [0.29, 0.717) is 18.5 Å². The molecule has 30 nitrogen and oxygen atoms in total. The summed E-state index contributed by atoms with van der Waals surface area (Å²) in [7, 11) is 8.75. The molecule has 0 spiro atoms. The number of ether oxygens (including phenoxy) is 5. The molecule has 0 aliphatic carbocycles. The molecule has 4 aliphatic heterocycles. The van der Waals surface area contributed by atoms with Gasteiger partial charge in [-0.2, -0.15) is 0 Å². The zero-order chi connectivity index (χ0) is 76.7. The van der Waals surface area contributed by atoms with E-state index < -0.39 is 215 Å². The number of nitrogens with zero attached hydrogens (tertiary/aromatic N) is 2. The van der Waals surface area contributed by atoms with Crippen LogP contribution in [0, 0.1) is 17.8 Å². The van der Waals surface area contributed by atoms with E-state index >= 15 is 0 Å². The second-order valence-corrected chi connectivity index (χ2v) is 27.2. The zero-order valence-electron chi connectivity index (χ0n) is 59.9. The minimum absolute atomic E-state index is 0.0513. The molecule has 1 aromatic carbocycles. The minimum atomic E-state index is -2.32. The molecule has 2 saturated heterocycles. The smallest absolute Gasteiger partial charge is 0.377 e. The lowest BCUT2D eigenvalue weighted by molar-refractivity contribution is -0.307. The van der Waals surface area contributed by atoms with E-state index in [1.54, 1.807) is 129 Å². The molecule has 3 unspecified atom stereocenters. The monoisotopic (exact) mass is 1460 g/mol. The molecule has 4 heterocycles. The number of rotatable bonds is 19. The summed E-state index contributed by atoms with van der Waals surface area (Å²) < 4.78 is 28.9. The molecule has 103 heavy (non-hydrogen) atoms. The van der Waals surface area contributed by atoms with Crippen LogP contribution >= 0.6 is 0 Å². The molecule has 0 saturated carbocycles. The highest BCUT2D eigenvalue weighted by molar-refractivity contribution is 5.96. The van der Waals surface area contributed by atoms with Gasteiger partial charge in [0.15, 0.2) is 29.7 Å². The number of likely N-dealkylation sites (N-methyl/N-ethyl adjacent to an activating group) is 2. The summed E-state index contributed by atoms with van der Waals surface area (Å²) in [6.07, 6.45) is -0.589. The van der Waals surface area contributed by atoms with Crippen molar-refractivity contribution in [2.75, 3.05) is 66.8 Å².